The van der Waals surface area contributed by atoms with E-state index in [2.05, 4.69) is 24.0 Å². The fourth-order valence-corrected chi connectivity index (χ4v) is 3.98. The van der Waals surface area contributed by atoms with Gasteiger partial charge in [0.25, 0.3) is 0 Å². The van der Waals surface area contributed by atoms with Crippen LogP contribution >= 0.6 is 11.6 Å². The van der Waals surface area contributed by atoms with E-state index in [-0.39, 0.29) is 5.15 Å². The Morgan fingerprint density at radius 3 is 2.38 bits per heavy atom. The highest BCUT2D eigenvalue weighted by molar-refractivity contribution is 6.29. The molecule has 0 N–H and O–H groups in total. The van der Waals surface area contributed by atoms with Crippen molar-refractivity contribution in [3.63, 3.8) is 0 Å². The van der Waals surface area contributed by atoms with Crippen LogP contribution in [0.25, 0.3) is 11.1 Å². The molecule has 24 heavy (non-hydrogen) atoms. The summed E-state index contributed by atoms with van der Waals surface area (Å²) in [5.41, 5.74) is 2.75. The fourth-order valence-electron chi connectivity index (χ4n) is 3.84. The van der Waals surface area contributed by atoms with Gasteiger partial charge in [0.05, 0.1) is 0 Å². The van der Waals surface area contributed by atoms with E-state index < -0.39 is 5.95 Å². The Morgan fingerprint density at radius 1 is 1.04 bits per heavy atom. The van der Waals surface area contributed by atoms with Crippen LogP contribution in [-0.2, 0) is 0 Å². The molecule has 0 spiro atoms. The molecular weight excluding hydrogens is 321 g/mol. The molecule has 3 rings (SSSR count). The van der Waals surface area contributed by atoms with Crippen LogP contribution in [0.15, 0.2) is 36.4 Å². The number of unbranched alkanes of at least 4 members (excludes halogenated alkanes) is 1. The second kappa shape index (κ2) is 8.11. The minimum atomic E-state index is -0.508. The van der Waals surface area contributed by atoms with E-state index in [0.29, 0.717) is 11.5 Å². The monoisotopic (exact) mass is 345 g/mol. The first kappa shape index (κ1) is 17.4. The lowest BCUT2D eigenvalue weighted by Crippen LogP contribution is -2.13. The average Bonchev–Trinajstić information content (AvgIpc) is 2.61. The van der Waals surface area contributed by atoms with Gasteiger partial charge in [0.15, 0.2) is 0 Å². The Hall–Kier alpha value is -1.41. The third kappa shape index (κ3) is 4.16. The van der Waals surface area contributed by atoms with Gasteiger partial charge in [-0.3, -0.25) is 0 Å². The maximum atomic E-state index is 13.9. The molecule has 1 aliphatic carbocycles. The van der Waals surface area contributed by atoms with Crippen LogP contribution in [0.3, 0.4) is 0 Å². The summed E-state index contributed by atoms with van der Waals surface area (Å²) in [7, 11) is 0. The molecule has 1 nitrogen and oxygen atoms in total. The lowest BCUT2D eigenvalue weighted by molar-refractivity contribution is 0.304. The van der Waals surface area contributed by atoms with Crippen molar-refractivity contribution in [1.82, 2.24) is 4.98 Å². The lowest BCUT2D eigenvalue weighted by atomic mass is 9.77. The van der Waals surface area contributed by atoms with Crippen LogP contribution in [0.4, 0.5) is 4.39 Å². The van der Waals surface area contributed by atoms with Gasteiger partial charge in [-0.25, -0.2) is 4.98 Å². The molecule has 1 saturated carbocycles. The topological polar surface area (TPSA) is 12.9 Å². The molecule has 1 aromatic heterocycles. The van der Waals surface area contributed by atoms with Gasteiger partial charge in [0, 0.05) is 5.56 Å². The SMILES string of the molecule is CCCCC1CCC(c2ccc(-c3ccc(Cl)nc3F)cc2)CC1. The molecule has 3 heteroatoms. The van der Waals surface area contributed by atoms with Gasteiger partial charge in [-0.05, 0) is 60.8 Å². The Morgan fingerprint density at radius 2 is 1.75 bits per heavy atom. The Bertz CT molecular complexity index is 660. The third-order valence-electron chi connectivity index (χ3n) is 5.32. The zero-order valence-electron chi connectivity index (χ0n) is 14.3. The van der Waals surface area contributed by atoms with Gasteiger partial charge < -0.3 is 0 Å². The number of halogens is 2. The molecule has 128 valence electrons. The van der Waals surface area contributed by atoms with Gasteiger partial charge >= 0.3 is 0 Å². The molecular formula is C21H25ClFN. The van der Waals surface area contributed by atoms with Crippen molar-refractivity contribution in [3.8, 4) is 11.1 Å². The maximum Gasteiger partial charge on any atom is 0.222 e. The molecule has 0 unspecified atom stereocenters. The quantitative estimate of drug-likeness (QED) is 0.531. The predicted molar refractivity (Wildman–Crippen MR) is 98.9 cm³/mol. The highest BCUT2D eigenvalue weighted by Crippen LogP contribution is 2.38. The Labute approximate surface area is 149 Å². The molecule has 0 amide bonds. The van der Waals surface area contributed by atoms with E-state index >= 15 is 0 Å². The zero-order chi connectivity index (χ0) is 16.9. The third-order valence-corrected chi connectivity index (χ3v) is 5.53. The Kier molecular flexibility index (Phi) is 5.89. The first-order chi connectivity index (χ1) is 11.7. The summed E-state index contributed by atoms with van der Waals surface area (Å²) >= 11 is 5.72. The normalized spacial score (nSPS) is 21.0. The van der Waals surface area contributed by atoms with E-state index in [0.717, 1.165) is 11.5 Å². The van der Waals surface area contributed by atoms with Crippen LogP contribution in [0.5, 0.6) is 0 Å². The van der Waals surface area contributed by atoms with E-state index in [1.54, 1.807) is 12.1 Å². The fraction of sp³-hybridized carbons (Fsp3) is 0.476. The molecule has 1 fully saturated rings. The summed E-state index contributed by atoms with van der Waals surface area (Å²) < 4.78 is 13.9. The summed E-state index contributed by atoms with van der Waals surface area (Å²) in [6.07, 6.45) is 9.33. The van der Waals surface area contributed by atoms with Gasteiger partial charge in [0.1, 0.15) is 5.15 Å². The average molecular weight is 346 g/mol. The van der Waals surface area contributed by atoms with Crippen LogP contribution < -0.4 is 0 Å². The van der Waals surface area contributed by atoms with Crippen LogP contribution in [-0.4, -0.2) is 4.98 Å². The summed E-state index contributed by atoms with van der Waals surface area (Å²) in [5, 5.41) is 0.188. The summed E-state index contributed by atoms with van der Waals surface area (Å²) in [6.45, 7) is 2.27. The highest BCUT2D eigenvalue weighted by atomic mass is 35.5. The van der Waals surface area contributed by atoms with Gasteiger partial charge in [-0.1, -0.05) is 62.1 Å². The molecule has 0 aliphatic heterocycles. The van der Waals surface area contributed by atoms with Crippen molar-refractivity contribution in [1.29, 1.82) is 0 Å². The molecule has 1 aliphatic rings. The van der Waals surface area contributed by atoms with E-state index in [4.69, 9.17) is 11.6 Å². The Balaban J connectivity index is 1.65. The van der Waals surface area contributed by atoms with Gasteiger partial charge in [-0.2, -0.15) is 4.39 Å². The largest absolute Gasteiger partial charge is 0.222 e. The first-order valence-electron chi connectivity index (χ1n) is 9.09. The number of rotatable bonds is 5. The predicted octanol–water partition coefficient (Wildman–Crippen LogP) is 7.01. The molecule has 0 saturated heterocycles. The number of hydrogen-bond donors (Lipinski definition) is 0. The minimum absolute atomic E-state index is 0.188. The van der Waals surface area contributed by atoms with E-state index in [1.807, 2.05) is 12.1 Å². The van der Waals surface area contributed by atoms with Crippen LogP contribution in [0.2, 0.25) is 5.15 Å². The first-order valence-corrected chi connectivity index (χ1v) is 9.47. The second-order valence-corrected chi connectivity index (χ2v) is 7.34. The second-order valence-electron chi connectivity index (χ2n) is 6.95. The van der Waals surface area contributed by atoms with Gasteiger partial charge in [0.2, 0.25) is 5.95 Å². The number of pyridine rings is 1. The van der Waals surface area contributed by atoms with Crippen LogP contribution in [0.1, 0.15) is 63.4 Å². The maximum absolute atomic E-state index is 13.9. The van der Waals surface area contributed by atoms with Crippen molar-refractivity contribution < 1.29 is 4.39 Å². The lowest BCUT2D eigenvalue weighted by Gasteiger charge is -2.29. The summed E-state index contributed by atoms with van der Waals surface area (Å²) in [4.78, 5) is 3.69. The van der Waals surface area contributed by atoms with E-state index in [1.165, 1.54) is 50.5 Å². The summed E-state index contributed by atoms with van der Waals surface area (Å²) in [6, 6.07) is 11.6. The standard InChI is InChI=1S/C21H25ClFN/c1-2-3-4-15-5-7-16(8-6-15)17-9-11-18(12-10-17)19-13-14-20(22)24-21(19)23/h9-16H,2-8H2,1H3. The number of aromatic nitrogens is 1. The molecule has 2 aromatic rings. The van der Waals surface area contributed by atoms with Crippen molar-refractivity contribution in [2.24, 2.45) is 5.92 Å². The number of benzene rings is 1. The van der Waals surface area contributed by atoms with E-state index in [9.17, 15) is 4.39 Å². The van der Waals surface area contributed by atoms with Crippen molar-refractivity contribution in [3.05, 3.63) is 53.1 Å². The van der Waals surface area contributed by atoms with Crippen LogP contribution in [0, 0.1) is 11.9 Å². The molecule has 0 radical (unpaired) electrons. The zero-order valence-corrected chi connectivity index (χ0v) is 15.0. The smallest absolute Gasteiger partial charge is 0.207 e. The molecule has 0 bridgehead atoms. The molecule has 1 heterocycles. The highest BCUT2D eigenvalue weighted by Gasteiger charge is 2.22. The molecule has 1 aromatic carbocycles. The van der Waals surface area contributed by atoms with Crippen molar-refractivity contribution in [2.45, 2.75) is 57.8 Å². The minimum Gasteiger partial charge on any atom is -0.207 e. The number of hydrogen-bond acceptors (Lipinski definition) is 1. The van der Waals surface area contributed by atoms with Gasteiger partial charge in [-0.15, -0.1) is 0 Å². The van der Waals surface area contributed by atoms with Crippen molar-refractivity contribution in [2.75, 3.05) is 0 Å². The molecule has 0 atom stereocenters. The van der Waals surface area contributed by atoms with Crippen molar-refractivity contribution >= 4 is 11.6 Å². The summed E-state index contributed by atoms with van der Waals surface area (Å²) in [5.74, 6) is 1.08. The number of nitrogens with zero attached hydrogens (tertiary/aromatic N) is 1.